The van der Waals surface area contributed by atoms with Crippen LogP contribution in [-0.4, -0.2) is 31.2 Å². The predicted molar refractivity (Wildman–Crippen MR) is 91.3 cm³/mol. The molecule has 2 heterocycles. The molecule has 2 aromatic heterocycles. The molecule has 0 amide bonds. The standard InChI is InChI=1S/C15H9Cl2F6N5O2/c1-27-12(15(21,22)23)24-25-14(27)29-8-3-5(7(18)4-6(8)16)10-9(17)11(28(2)26-10)30-13(19)20/h3-4,13H,1-2H3. The fourth-order valence-corrected chi connectivity index (χ4v) is 2.90. The molecule has 0 saturated carbocycles. The minimum absolute atomic E-state index is 0.289. The first-order valence-corrected chi connectivity index (χ1v) is 8.47. The topological polar surface area (TPSA) is 67.0 Å². The first-order valence-electron chi connectivity index (χ1n) is 7.71. The maximum atomic E-state index is 14.5. The molecule has 3 rings (SSSR count). The van der Waals surface area contributed by atoms with Crippen molar-refractivity contribution in [3.05, 3.63) is 33.8 Å². The third kappa shape index (κ3) is 4.12. The highest BCUT2D eigenvalue weighted by atomic mass is 35.5. The summed E-state index contributed by atoms with van der Waals surface area (Å²) in [6.45, 7) is -3.21. The fraction of sp³-hybridized carbons (Fsp3) is 0.267. The Hall–Kier alpha value is -2.67. The Balaban J connectivity index is 2.04. The Morgan fingerprint density at radius 1 is 1.10 bits per heavy atom. The maximum Gasteiger partial charge on any atom is 0.451 e. The van der Waals surface area contributed by atoms with Gasteiger partial charge < -0.3 is 9.47 Å². The van der Waals surface area contributed by atoms with Gasteiger partial charge in [-0.05, 0) is 12.1 Å². The molecule has 3 aromatic rings. The van der Waals surface area contributed by atoms with Crippen LogP contribution in [0.2, 0.25) is 10.0 Å². The molecular weight excluding hydrogens is 467 g/mol. The number of rotatable bonds is 5. The third-order valence-electron chi connectivity index (χ3n) is 3.71. The van der Waals surface area contributed by atoms with Gasteiger partial charge in [-0.3, -0.25) is 4.57 Å². The van der Waals surface area contributed by atoms with E-state index in [1.54, 1.807) is 0 Å². The molecule has 0 radical (unpaired) electrons. The monoisotopic (exact) mass is 475 g/mol. The smallest absolute Gasteiger partial charge is 0.423 e. The number of alkyl halides is 5. The second kappa shape index (κ2) is 7.87. The van der Waals surface area contributed by atoms with Crippen molar-refractivity contribution in [3.8, 4) is 28.9 Å². The van der Waals surface area contributed by atoms with Gasteiger partial charge in [-0.1, -0.05) is 28.3 Å². The van der Waals surface area contributed by atoms with Crippen molar-refractivity contribution < 1.29 is 35.8 Å². The summed E-state index contributed by atoms with van der Waals surface area (Å²) in [5.74, 6) is -3.13. The average Bonchev–Trinajstić information content (AvgIpc) is 3.11. The van der Waals surface area contributed by atoms with Crippen molar-refractivity contribution in [2.24, 2.45) is 14.1 Å². The molecule has 0 bridgehead atoms. The third-order valence-corrected chi connectivity index (χ3v) is 4.34. The number of hydrogen-bond acceptors (Lipinski definition) is 5. The van der Waals surface area contributed by atoms with E-state index in [0.717, 1.165) is 23.9 Å². The number of nitrogens with zero attached hydrogens (tertiary/aromatic N) is 5. The van der Waals surface area contributed by atoms with E-state index in [1.807, 2.05) is 0 Å². The van der Waals surface area contributed by atoms with Crippen LogP contribution in [0.25, 0.3) is 11.3 Å². The van der Waals surface area contributed by atoms with E-state index < -0.39 is 41.3 Å². The SMILES string of the molecule is Cn1nc(-c2cc(Oc3nnc(C(F)(F)F)n3C)c(Cl)cc2F)c(Cl)c1OC(F)F. The molecule has 1 aromatic carbocycles. The number of halogens is 8. The molecule has 0 N–H and O–H groups in total. The summed E-state index contributed by atoms with van der Waals surface area (Å²) in [6.07, 6.45) is -4.79. The van der Waals surface area contributed by atoms with Crippen LogP contribution in [0.3, 0.4) is 0 Å². The summed E-state index contributed by atoms with van der Waals surface area (Å²) < 4.78 is 88.9. The summed E-state index contributed by atoms with van der Waals surface area (Å²) >= 11 is 11.9. The van der Waals surface area contributed by atoms with Gasteiger partial charge in [-0.15, -0.1) is 5.10 Å². The van der Waals surface area contributed by atoms with Crippen LogP contribution in [-0.2, 0) is 20.3 Å². The second-order valence-corrected chi connectivity index (χ2v) is 6.48. The molecule has 0 saturated heterocycles. The van der Waals surface area contributed by atoms with Gasteiger partial charge in [0, 0.05) is 19.7 Å². The lowest BCUT2D eigenvalue weighted by Gasteiger charge is -2.10. The number of aromatic nitrogens is 5. The van der Waals surface area contributed by atoms with Crippen LogP contribution in [0.4, 0.5) is 26.3 Å². The van der Waals surface area contributed by atoms with E-state index >= 15 is 0 Å². The predicted octanol–water partition coefficient (Wildman–Crippen LogP) is 5.07. The number of aryl methyl sites for hydroxylation is 1. The van der Waals surface area contributed by atoms with E-state index in [9.17, 15) is 26.3 Å². The Bertz CT molecular complexity index is 1100. The Morgan fingerprint density at radius 3 is 2.33 bits per heavy atom. The van der Waals surface area contributed by atoms with Gasteiger partial charge in [-0.2, -0.15) is 27.1 Å². The Kier molecular flexibility index (Phi) is 5.78. The summed E-state index contributed by atoms with van der Waals surface area (Å²) in [5.41, 5.74) is -0.625. The molecule has 7 nitrogen and oxygen atoms in total. The molecular formula is C15H9Cl2F6N5O2. The molecule has 30 heavy (non-hydrogen) atoms. The maximum absolute atomic E-state index is 14.5. The lowest BCUT2D eigenvalue weighted by Crippen LogP contribution is -2.13. The van der Waals surface area contributed by atoms with E-state index in [1.165, 1.54) is 7.05 Å². The minimum Gasteiger partial charge on any atom is -0.423 e. The molecule has 0 aliphatic heterocycles. The largest absolute Gasteiger partial charge is 0.451 e. The molecule has 15 heteroatoms. The van der Waals surface area contributed by atoms with Crippen molar-refractivity contribution in [1.29, 1.82) is 0 Å². The van der Waals surface area contributed by atoms with Gasteiger partial charge in [0.2, 0.25) is 11.7 Å². The fourth-order valence-electron chi connectivity index (χ4n) is 2.40. The molecule has 0 aliphatic carbocycles. The number of benzene rings is 1. The minimum atomic E-state index is -4.79. The van der Waals surface area contributed by atoms with Gasteiger partial charge in [0.25, 0.3) is 0 Å². The molecule has 0 unspecified atom stereocenters. The van der Waals surface area contributed by atoms with Crippen LogP contribution < -0.4 is 9.47 Å². The molecule has 0 fully saturated rings. The molecule has 162 valence electrons. The normalized spacial score (nSPS) is 12.0. The average molecular weight is 476 g/mol. The Labute approximate surface area is 173 Å². The summed E-state index contributed by atoms with van der Waals surface area (Å²) in [4.78, 5) is 0. The van der Waals surface area contributed by atoms with E-state index in [0.29, 0.717) is 4.57 Å². The van der Waals surface area contributed by atoms with Gasteiger partial charge >= 0.3 is 18.8 Å². The van der Waals surface area contributed by atoms with Crippen LogP contribution in [0.1, 0.15) is 5.82 Å². The summed E-state index contributed by atoms with van der Waals surface area (Å²) in [6, 6.07) is 1.17. The van der Waals surface area contributed by atoms with E-state index in [2.05, 4.69) is 20.0 Å². The van der Waals surface area contributed by atoms with Crippen LogP contribution in [0.5, 0.6) is 17.6 Å². The molecule has 0 spiro atoms. The zero-order valence-corrected chi connectivity index (χ0v) is 16.3. The lowest BCUT2D eigenvalue weighted by molar-refractivity contribution is -0.147. The zero-order chi connectivity index (χ0) is 22.4. The van der Waals surface area contributed by atoms with Gasteiger partial charge in [0.05, 0.1) is 5.02 Å². The van der Waals surface area contributed by atoms with Gasteiger partial charge in [0.1, 0.15) is 16.5 Å². The van der Waals surface area contributed by atoms with Crippen molar-refractivity contribution in [3.63, 3.8) is 0 Å². The molecule has 0 aliphatic rings. The van der Waals surface area contributed by atoms with E-state index in [-0.39, 0.29) is 22.0 Å². The highest BCUT2D eigenvalue weighted by Gasteiger charge is 2.38. The van der Waals surface area contributed by atoms with Crippen molar-refractivity contribution >= 4 is 23.2 Å². The van der Waals surface area contributed by atoms with Crippen molar-refractivity contribution in [2.45, 2.75) is 12.8 Å². The zero-order valence-electron chi connectivity index (χ0n) is 14.8. The highest BCUT2D eigenvalue weighted by Crippen LogP contribution is 2.41. The van der Waals surface area contributed by atoms with Crippen LogP contribution in [0, 0.1) is 5.82 Å². The van der Waals surface area contributed by atoms with Crippen LogP contribution >= 0.6 is 23.2 Å². The van der Waals surface area contributed by atoms with Crippen molar-refractivity contribution in [1.82, 2.24) is 24.5 Å². The first kappa shape index (κ1) is 22.0. The number of hydrogen-bond donors (Lipinski definition) is 0. The Morgan fingerprint density at radius 2 is 1.77 bits per heavy atom. The van der Waals surface area contributed by atoms with Crippen LogP contribution in [0.15, 0.2) is 12.1 Å². The summed E-state index contributed by atoms with van der Waals surface area (Å²) in [7, 11) is 2.23. The second-order valence-electron chi connectivity index (χ2n) is 5.70. The summed E-state index contributed by atoms with van der Waals surface area (Å²) in [5, 5.41) is 9.36. The lowest BCUT2D eigenvalue weighted by atomic mass is 10.1. The number of ether oxygens (including phenoxy) is 2. The van der Waals surface area contributed by atoms with E-state index in [4.69, 9.17) is 27.9 Å². The highest BCUT2D eigenvalue weighted by molar-refractivity contribution is 6.34. The quantitative estimate of drug-likeness (QED) is 0.481. The van der Waals surface area contributed by atoms with Crippen molar-refractivity contribution in [2.75, 3.05) is 0 Å². The molecule has 0 atom stereocenters. The van der Waals surface area contributed by atoms with Gasteiger partial charge in [-0.25, -0.2) is 9.07 Å². The first-order chi connectivity index (χ1) is 13.9. The van der Waals surface area contributed by atoms with Gasteiger partial charge in [0.15, 0.2) is 5.75 Å².